The Morgan fingerprint density at radius 2 is 0.923 bits per heavy atom. The first-order chi connectivity index (χ1) is 12.8. The fourth-order valence-corrected chi connectivity index (χ4v) is 2.63. The van der Waals surface area contributed by atoms with Crippen LogP contribution < -0.4 is 9.47 Å². The molecule has 0 aliphatic heterocycles. The summed E-state index contributed by atoms with van der Waals surface area (Å²) >= 11 is 0. The molecule has 0 fully saturated rings. The molecule has 26 heavy (non-hydrogen) atoms. The Morgan fingerprint density at radius 3 is 1.27 bits per heavy atom. The van der Waals surface area contributed by atoms with Gasteiger partial charge in [0.2, 0.25) is 0 Å². The van der Waals surface area contributed by atoms with E-state index in [2.05, 4.69) is 0 Å². The predicted octanol–water partition coefficient (Wildman–Crippen LogP) is 5.00. The Hall–Kier alpha value is -2.04. The van der Waals surface area contributed by atoms with Crippen molar-refractivity contribution >= 4 is 0 Å². The second kappa shape index (κ2) is 12.3. The minimum Gasteiger partial charge on any atom is -0.494 e. The third-order valence-corrected chi connectivity index (χ3v) is 4.04. The van der Waals surface area contributed by atoms with E-state index < -0.39 is 0 Å². The summed E-state index contributed by atoms with van der Waals surface area (Å²) in [7, 11) is 3.40. The Bertz CT molecular complexity index is 537. The van der Waals surface area contributed by atoms with Crippen molar-refractivity contribution in [3.63, 3.8) is 0 Å². The van der Waals surface area contributed by atoms with Gasteiger partial charge in [-0.05, 0) is 61.1 Å². The molecule has 0 radical (unpaired) electrons. The number of hydrogen-bond acceptors (Lipinski definition) is 4. The number of rotatable bonds is 13. The molecule has 0 aliphatic carbocycles. The van der Waals surface area contributed by atoms with Crippen molar-refractivity contribution in [2.75, 3.05) is 27.4 Å². The molecule has 0 saturated heterocycles. The molecule has 0 N–H and O–H groups in total. The minimum absolute atomic E-state index is 0.639. The summed E-state index contributed by atoms with van der Waals surface area (Å²) in [5.74, 6) is 1.84. The lowest BCUT2D eigenvalue weighted by Gasteiger charge is -2.08. The van der Waals surface area contributed by atoms with E-state index in [0.717, 1.165) is 61.5 Å². The first-order valence-electron chi connectivity index (χ1n) is 9.23. The van der Waals surface area contributed by atoms with Gasteiger partial charge in [0.25, 0.3) is 0 Å². The molecule has 0 atom stereocenters. The highest BCUT2D eigenvalue weighted by atomic mass is 16.5. The maximum atomic E-state index is 5.76. The van der Waals surface area contributed by atoms with Crippen LogP contribution in [0.5, 0.6) is 11.5 Å². The molecule has 2 aromatic rings. The van der Waals surface area contributed by atoms with Crippen molar-refractivity contribution in [2.45, 2.75) is 38.9 Å². The Kier molecular flexibility index (Phi) is 9.62. The summed E-state index contributed by atoms with van der Waals surface area (Å²) in [4.78, 5) is 0. The van der Waals surface area contributed by atoms with E-state index >= 15 is 0 Å². The molecule has 0 spiro atoms. The van der Waals surface area contributed by atoms with Gasteiger partial charge in [-0.15, -0.1) is 0 Å². The molecular weight excluding hydrogens is 328 g/mol. The molecule has 0 aromatic heterocycles. The Morgan fingerprint density at radius 1 is 0.538 bits per heavy atom. The molecule has 0 aliphatic rings. The molecule has 142 valence electrons. The zero-order valence-corrected chi connectivity index (χ0v) is 15.9. The number of methoxy groups -OCH3 is 2. The summed E-state index contributed by atoms with van der Waals surface area (Å²) in [6.45, 7) is 2.79. The third-order valence-electron chi connectivity index (χ3n) is 4.04. The smallest absolute Gasteiger partial charge is 0.119 e. The van der Waals surface area contributed by atoms with Crippen molar-refractivity contribution in [1.82, 2.24) is 0 Å². The molecule has 0 heterocycles. The fraction of sp³-hybridized carbons (Fsp3) is 0.455. The van der Waals surface area contributed by atoms with Crippen molar-refractivity contribution in [2.24, 2.45) is 0 Å². The van der Waals surface area contributed by atoms with Gasteiger partial charge in [-0.3, -0.25) is 0 Å². The maximum Gasteiger partial charge on any atom is 0.119 e. The summed E-state index contributed by atoms with van der Waals surface area (Å²) in [6.07, 6.45) is 4.42. The molecule has 2 aromatic carbocycles. The van der Waals surface area contributed by atoms with Crippen LogP contribution in [0.25, 0.3) is 0 Å². The number of benzene rings is 2. The largest absolute Gasteiger partial charge is 0.494 e. The summed E-state index contributed by atoms with van der Waals surface area (Å²) < 4.78 is 21.7. The van der Waals surface area contributed by atoms with E-state index in [0.29, 0.717) is 13.2 Å². The summed E-state index contributed by atoms with van der Waals surface area (Å²) in [6, 6.07) is 16.2. The van der Waals surface area contributed by atoms with Crippen LogP contribution >= 0.6 is 0 Å². The standard InChI is InChI=1S/C22H30O4/c1-23-17-19-7-11-21(12-8-19)25-15-5-3-4-6-16-26-22-13-9-20(10-14-22)18-24-2/h7-14H,3-6,15-18H2,1-2H3. The highest BCUT2D eigenvalue weighted by molar-refractivity contribution is 5.27. The van der Waals surface area contributed by atoms with E-state index in [-0.39, 0.29) is 0 Å². The van der Waals surface area contributed by atoms with Gasteiger partial charge in [0, 0.05) is 14.2 Å². The lowest BCUT2D eigenvalue weighted by atomic mass is 10.2. The van der Waals surface area contributed by atoms with Crippen molar-refractivity contribution in [1.29, 1.82) is 0 Å². The average molecular weight is 358 g/mol. The molecule has 0 amide bonds. The summed E-state index contributed by atoms with van der Waals surface area (Å²) in [5.41, 5.74) is 2.32. The minimum atomic E-state index is 0.639. The van der Waals surface area contributed by atoms with Crippen molar-refractivity contribution < 1.29 is 18.9 Å². The van der Waals surface area contributed by atoms with Gasteiger partial charge in [-0.1, -0.05) is 24.3 Å². The second-order valence-corrected chi connectivity index (χ2v) is 6.27. The van der Waals surface area contributed by atoms with Gasteiger partial charge >= 0.3 is 0 Å². The number of hydrogen-bond donors (Lipinski definition) is 0. The van der Waals surface area contributed by atoms with Crippen LogP contribution in [0.15, 0.2) is 48.5 Å². The van der Waals surface area contributed by atoms with E-state index in [9.17, 15) is 0 Å². The second-order valence-electron chi connectivity index (χ2n) is 6.27. The highest BCUT2D eigenvalue weighted by Crippen LogP contribution is 2.15. The van der Waals surface area contributed by atoms with E-state index in [1.807, 2.05) is 48.5 Å². The van der Waals surface area contributed by atoms with Crippen LogP contribution in [-0.4, -0.2) is 27.4 Å². The third kappa shape index (κ3) is 7.89. The highest BCUT2D eigenvalue weighted by Gasteiger charge is 1.98. The van der Waals surface area contributed by atoms with E-state index in [1.54, 1.807) is 14.2 Å². The van der Waals surface area contributed by atoms with Crippen LogP contribution in [-0.2, 0) is 22.7 Å². The van der Waals surface area contributed by atoms with Crippen LogP contribution in [0.1, 0.15) is 36.8 Å². The van der Waals surface area contributed by atoms with Crippen molar-refractivity contribution in [3.05, 3.63) is 59.7 Å². The molecule has 4 nitrogen and oxygen atoms in total. The van der Waals surface area contributed by atoms with Crippen molar-refractivity contribution in [3.8, 4) is 11.5 Å². The molecule has 4 heteroatoms. The van der Waals surface area contributed by atoms with Gasteiger partial charge < -0.3 is 18.9 Å². The van der Waals surface area contributed by atoms with Gasteiger partial charge in [-0.2, -0.15) is 0 Å². The van der Waals surface area contributed by atoms with E-state index in [1.165, 1.54) is 0 Å². The average Bonchev–Trinajstić information content (AvgIpc) is 2.67. The lowest BCUT2D eigenvalue weighted by Crippen LogP contribution is -2.00. The van der Waals surface area contributed by atoms with E-state index in [4.69, 9.17) is 18.9 Å². The monoisotopic (exact) mass is 358 g/mol. The van der Waals surface area contributed by atoms with Crippen LogP contribution in [0.4, 0.5) is 0 Å². The van der Waals surface area contributed by atoms with Gasteiger partial charge in [0.05, 0.1) is 26.4 Å². The maximum absolute atomic E-state index is 5.76. The normalized spacial score (nSPS) is 10.7. The fourth-order valence-electron chi connectivity index (χ4n) is 2.63. The zero-order valence-electron chi connectivity index (χ0n) is 15.9. The number of unbranched alkanes of at least 4 members (excludes halogenated alkanes) is 3. The van der Waals surface area contributed by atoms with Gasteiger partial charge in [0.1, 0.15) is 11.5 Å². The lowest BCUT2D eigenvalue weighted by molar-refractivity contribution is 0.184. The quantitative estimate of drug-likeness (QED) is 0.472. The molecule has 2 rings (SSSR count). The first kappa shape index (κ1) is 20.3. The van der Waals surface area contributed by atoms with Crippen LogP contribution in [0, 0.1) is 0 Å². The molecular formula is C22H30O4. The molecule has 0 saturated carbocycles. The van der Waals surface area contributed by atoms with Gasteiger partial charge in [-0.25, -0.2) is 0 Å². The van der Waals surface area contributed by atoms with Crippen LogP contribution in [0.2, 0.25) is 0 Å². The zero-order chi connectivity index (χ0) is 18.5. The predicted molar refractivity (Wildman–Crippen MR) is 104 cm³/mol. The first-order valence-corrected chi connectivity index (χ1v) is 9.23. The Labute approximate surface area is 157 Å². The Balaban J connectivity index is 1.49. The van der Waals surface area contributed by atoms with Crippen LogP contribution in [0.3, 0.4) is 0 Å². The molecule has 0 bridgehead atoms. The topological polar surface area (TPSA) is 36.9 Å². The molecule has 0 unspecified atom stereocenters. The SMILES string of the molecule is COCc1ccc(OCCCCCCOc2ccc(COC)cc2)cc1. The number of ether oxygens (including phenoxy) is 4. The summed E-state index contributed by atoms with van der Waals surface area (Å²) in [5, 5.41) is 0. The van der Waals surface area contributed by atoms with Gasteiger partial charge in [0.15, 0.2) is 0 Å².